The summed E-state index contributed by atoms with van der Waals surface area (Å²) in [7, 11) is 0. The zero-order valence-electron chi connectivity index (χ0n) is 14.1. The molecule has 0 aliphatic carbocycles. The van der Waals surface area contributed by atoms with Crippen molar-refractivity contribution >= 4 is 5.82 Å². The lowest BCUT2D eigenvalue weighted by Crippen LogP contribution is -2.29. The van der Waals surface area contributed by atoms with Gasteiger partial charge in [0, 0.05) is 36.9 Å². The predicted molar refractivity (Wildman–Crippen MR) is 88.5 cm³/mol. The summed E-state index contributed by atoms with van der Waals surface area (Å²) in [4.78, 5) is 7.24. The fourth-order valence-electron chi connectivity index (χ4n) is 2.39. The van der Waals surface area contributed by atoms with Crippen LogP contribution in [0.3, 0.4) is 0 Å². The Balaban J connectivity index is 3.06. The Morgan fingerprint density at radius 3 is 2.50 bits per heavy atom. The number of aryl methyl sites for hydroxylation is 2. The van der Waals surface area contributed by atoms with E-state index in [1.54, 1.807) is 0 Å². The molecule has 0 aliphatic rings. The summed E-state index contributed by atoms with van der Waals surface area (Å²) in [6.07, 6.45) is 2.44. The molecular weight excluding hydrogens is 246 g/mol. The molecule has 0 bridgehead atoms. The molecular formula is C17H31N3. The topological polar surface area (TPSA) is 28.2 Å². The van der Waals surface area contributed by atoms with Crippen LogP contribution in [0.25, 0.3) is 0 Å². The number of anilines is 1. The number of unbranched alkanes of at least 4 members (excludes halogenated alkanes) is 1. The Bertz CT molecular complexity index is 413. The van der Waals surface area contributed by atoms with E-state index in [1.807, 2.05) is 0 Å². The molecule has 1 rings (SSSR count). The monoisotopic (exact) mass is 277 g/mol. The summed E-state index contributed by atoms with van der Waals surface area (Å²) in [6.45, 7) is 16.1. The third-order valence-corrected chi connectivity index (χ3v) is 3.60. The summed E-state index contributed by atoms with van der Waals surface area (Å²) in [6, 6.07) is 2.68. The number of rotatable bonds is 8. The molecule has 0 saturated carbocycles. The Morgan fingerprint density at radius 1 is 1.25 bits per heavy atom. The van der Waals surface area contributed by atoms with E-state index in [1.165, 1.54) is 29.8 Å². The summed E-state index contributed by atoms with van der Waals surface area (Å²) < 4.78 is 0. The Kier molecular flexibility index (Phi) is 7.00. The molecule has 0 radical (unpaired) electrons. The highest BCUT2D eigenvalue weighted by molar-refractivity contribution is 5.51. The Labute approximate surface area is 124 Å². The van der Waals surface area contributed by atoms with Crippen LogP contribution >= 0.6 is 0 Å². The first kappa shape index (κ1) is 17.0. The molecule has 0 aromatic carbocycles. The zero-order valence-corrected chi connectivity index (χ0v) is 14.1. The quantitative estimate of drug-likeness (QED) is 0.783. The van der Waals surface area contributed by atoms with Crippen molar-refractivity contribution in [3.63, 3.8) is 0 Å². The van der Waals surface area contributed by atoms with Crippen LogP contribution < -0.4 is 10.2 Å². The van der Waals surface area contributed by atoms with Gasteiger partial charge in [-0.05, 0) is 38.8 Å². The molecule has 0 fully saturated rings. The third kappa shape index (κ3) is 4.78. The average molecular weight is 277 g/mol. The van der Waals surface area contributed by atoms with E-state index in [0.717, 1.165) is 25.3 Å². The maximum absolute atomic E-state index is 4.82. The van der Waals surface area contributed by atoms with Gasteiger partial charge in [-0.1, -0.05) is 27.2 Å². The summed E-state index contributed by atoms with van der Waals surface area (Å²) in [5.41, 5.74) is 3.80. The van der Waals surface area contributed by atoms with Crippen molar-refractivity contribution in [3.8, 4) is 0 Å². The molecule has 3 heteroatoms. The van der Waals surface area contributed by atoms with Crippen molar-refractivity contribution in [2.75, 3.05) is 18.0 Å². The van der Waals surface area contributed by atoms with Gasteiger partial charge >= 0.3 is 0 Å². The maximum atomic E-state index is 4.82. The lowest BCUT2D eigenvalue weighted by atomic mass is 10.1. The van der Waals surface area contributed by atoms with E-state index < -0.39 is 0 Å². The van der Waals surface area contributed by atoms with Crippen LogP contribution in [-0.4, -0.2) is 24.1 Å². The summed E-state index contributed by atoms with van der Waals surface area (Å²) in [5, 5.41) is 3.53. The van der Waals surface area contributed by atoms with E-state index in [-0.39, 0.29) is 0 Å². The predicted octanol–water partition coefficient (Wildman–Crippen LogP) is 3.82. The molecule has 3 nitrogen and oxygen atoms in total. The largest absolute Gasteiger partial charge is 0.357 e. The smallest absolute Gasteiger partial charge is 0.133 e. The number of aromatic nitrogens is 1. The van der Waals surface area contributed by atoms with Crippen molar-refractivity contribution in [2.24, 2.45) is 0 Å². The van der Waals surface area contributed by atoms with Crippen LogP contribution in [0, 0.1) is 13.8 Å². The Hall–Kier alpha value is -1.09. The minimum Gasteiger partial charge on any atom is -0.357 e. The Morgan fingerprint density at radius 2 is 1.95 bits per heavy atom. The summed E-state index contributed by atoms with van der Waals surface area (Å²) in [5.74, 6) is 1.17. The highest BCUT2D eigenvalue weighted by Crippen LogP contribution is 2.23. The van der Waals surface area contributed by atoms with Gasteiger partial charge in [-0.15, -0.1) is 0 Å². The van der Waals surface area contributed by atoms with Crippen molar-refractivity contribution in [1.82, 2.24) is 10.3 Å². The highest BCUT2D eigenvalue weighted by atomic mass is 15.2. The average Bonchev–Trinajstić information content (AvgIpc) is 2.38. The molecule has 0 aliphatic heterocycles. The lowest BCUT2D eigenvalue weighted by Gasteiger charge is -2.26. The van der Waals surface area contributed by atoms with Gasteiger partial charge in [-0.2, -0.15) is 0 Å². The number of hydrogen-bond donors (Lipinski definition) is 1. The second kappa shape index (κ2) is 8.25. The van der Waals surface area contributed by atoms with Crippen LogP contribution in [0.5, 0.6) is 0 Å². The first-order chi connectivity index (χ1) is 9.49. The molecule has 114 valence electrons. The minimum absolute atomic E-state index is 0.495. The molecule has 0 unspecified atom stereocenters. The van der Waals surface area contributed by atoms with E-state index in [9.17, 15) is 0 Å². The van der Waals surface area contributed by atoms with Gasteiger partial charge in [-0.3, -0.25) is 0 Å². The fraction of sp³-hybridized carbons (Fsp3) is 0.706. The van der Waals surface area contributed by atoms with Gasteiger partial charge in [0.05, 0.1) is 0 Å². The normalized spacial score (nSPS) is 11.2. The first-order valence-electron chi connectivity index (χ1n) is 7.95. The van der Waals surface area contributed by atoms with Crippen LogP contribution in [-0.2, 0) is 6.54 Å². The molecule has 0 saturated heterocycles. The number of hydrogen-bond acceptors (Lipinski definition) is 3. The van der Waals surface area contributed by atoms with Crippen molar-refractivity contribution in [2.45, 2.75) is 67.0 Å². The van der Waals surface area contributed by atoms with E-state index >= 15 is 0 Å². The molecule has 0 spiro atoms. The van der Waals surface area contributed by atoms with E-state index in [0.29, 0.717) is 6.04 Å². The standard InChI is InChI=1S/C17H31N3/c1-7-9-10-20(8-2)17-16(12-18-13(3)4)14(5)11-15(6)19-17/h11,13,18H,7-10,12H2,1-6H3. The second-order valence-electron chi connectivity index (χ2n) is 5.85. The van der Waals surface area contributed by atoms with Gasteiger partial charge in [0.25, 0.3) is 0 Å². The second-order valence-corrected chi connectivity index (χ2v) is 5.85. The summed E-state index contributed by atoms with van der Waals surface area (Å²) >= 11 is 0. The maximum Gasteiger partial charge on any atom is 0.133 e. The van der Waals surface area contributed by atoms with Crippen LogP contribution in [0.15, 0.2) is 6.07 Å². The van der Waals surface area contributed by atoms with Gasteiger partial charge in [0.15, 0.2) is 0 Å². The molecule has 0 atom stereocenters. The lowest BCUT2D eigenvalue weighted by molar-refractivity contribution is 0.584. The van der Waals surface area contributed by atoms with Crippen molar-refractivity contribution in [3.05, 3.63) is 22.9 Å². The van der Waals surface area contributed by atoms with Gasteiger partial charge in [-0.25, -0.2) is 4.98 Å². The SMILES string of the molecule is CCCCN(CC)c1nc(C)cc(C)c1CNC(C)C. The first-order valence-corrected chi connectivity index (χ1v) is 7.95. The molecule has 1 aromatic heterocycles. The van der Waals surface area contributed by atoms with Gasteiger partial charge < -0.3 is 10.2 Å². The molecule has 1 aromatic rings. The molecule has 1 heterocycles. The highest BCUT2D eigenvalue weighted by Gasteiger charge is 2.14. The number of nitrogens with one attached hydrogen (secondary N) is 1. The van der Waals surface area contributed by atoms with Crippen molar-refractivity contribution < 1.29 is 0 Å². The van der Waals surface area contributed by atoms with Crippen LogP contribution in [0.4, 0.5) is 5.82 Å². The van der Waals surface area contributed by atoms with E-state index in [4.69, 9.17) is 4.98 Å². The molecule has 0 amide bonds. The minimum atomic E-state index is 0.495. The van der Waals surface area contributed by atoms with Crippen LogP contribution in [0.2, 0.25) is 0 Å². The zero-order chi connectivity index (χ0) is 15.1. The van der Waals surface area contributed by atoms with Gasteiger partial charge in [0.2, 0.25) is 0 Å². The number of nitrogens with zero attached hydrogens (tertiary/aromatic N) is 2. The van der Waals surface area contributed by atoms with E-state index in [2.05, 4.69) is 57.8 Å². The number of pyridine rings is 1. The molecule has 1 N–H and O–H groups in total. The fourth-order valence-corrected chi connectivity index (χ4v) is 2.39. The van der Waals surface area contributed by atoms with Gasteiger partial charge in [0.1, 0.15) is 5.82 Å². The third-order valence-electron chi connectivity index (χ3n) is 3.60. The van der Waals surface area contributed by atoms with Crippen molar-refractivity contribution in [1.29, 1.82) is 0 Å². The molecule has 20 heavy (non-hydrogen) atoms. The van der Waals surface area contributed by atoms with Crippen LogP contribution in [0.1, 0.15) is 57.4 Å².